The molecule has 0 aliphatic carbocycles. The largest absolute Gasteiger partial charge is 0.347 e. The average molecular weight is 451 g/mol. The van der Waals surface area contributed by atoms with Crippen LogP contribution in [0.3, 0.4) is 0 Å². The molecule has 1 amide bonds. The molecule has 5 rings (SSSR count). The number of para-hydroxylation sites is 1. The van der Waals surface area contributed by atoms with Gasteiger partial charge in [0.1, 0.15) is 0 Å². The molecule has 32 heavy (non-hydrogen) atoms. The van der Waals surface area contributed by atoms with Gasteiger partial charge >= 0.3 is 0 Å². The van der Waals surface area contributed by atoms with Gasteiger partial charge in [0, 0.05) is 37.2 Å². The van der Waals surface area contributed by atoms with E-state index in [9.17, 15) is 4.79 Å². The fraction of sp³-hybridized carbons (Fsp3) is 0.375. The van der Waals surface area contributed by atoms with E-state index in [1.807, 2.05) is 39.8 Å². The Balaban J connectivity index is 1.32. The molecule has 3 aromatic rings. The fourth-order valence-electron chi connectivity index (χ4n) is 4.16. The van der Waals surface area contributed by atoms with Crippen LogP contribution in [0.1, 0.15) is 18.4 Å². The van der Waals surface area contributed by atoms with Crippen molar-refractivity contribution in [3.8, 4) is 17.1 Å². The van der Waals surface area contributed by atoms with Crippen molar-refractivity contribution < 1.29 is 14.3 Å². The van der Waals surface area contributed by atoms with E-state index in [2.05, 4.69) is 41.4 Å². The molecule has 2 aliphatic rings. The third kappa shape index (κ3) is 4.30. The summed E-state index contributed by atoms with van der Waals surface area (Å²) >= 11 is 1.42. The van der Waals surface area contributed by atoms with E-state index in [4.69, 9.17) is 9.47 Å². The second kappa shape index (κ2) is 9.05. The molecule has 1 spiro atoms. The van der Waals surface area contributed by atoms with Crippen LogP contribution < -0.4 is 0 Å². The molecule has 0 unspecified atom stereocenters. The lowest BCUT2D eigenvalue weighted by Crippen LogP contribution is -2.47. The van der Waals surface area contributed by atoms with E-state index >= 15 is 0 Å². The summed E-state index contributed by atoms with van der Waals surface area (Å²) in [5.74, 6) is 0.706. The van der Waals surface area contributed by atoms with Gasteiger partial charge in [-0.1, -0.05) is 59.8 Å². The first-order valence-corrected chi connectivity index (χ1v) is 11.9. The van der Waals surface area contributed by atoms with Crippen LogP contribution in [0.5, 0.6) is 0 Å². The summed E-state index contributed by atoms with van der Waals surface area (Å²) in [6, 6.07) is 18.3. The Morgan fingerprint density at radius 1 is 1.00 bits per heavy atom. The molecule has 0 atom stereocenters. The average Bonchev–Trinajstić information content (AvgIpc) is 3.46. The van der Waals surface area contributed by atoms with Crippen molar-refractivity contribution in [2.24, 2.45) is 0 Å². The summed E-state index contributed by atoms with van der Waals surface area (Å²) in [6.45, 7) is 4.65. The third-order valence-electron chi connectivity index (χ3n) is 5.97. The molecular weight excluding hydrogens is 424 g/mol. The first-order valence-electron chi connectivity index (χ1n) is 10.9. The van der Waals surface area contributed by atoms with Crippen LogP contribution in [0.2, 0.25) is 0 Å². The number of ether oxygens (including phenoxy) is 2. The standard InChI is InChI=1S/C24H26N4O3S/c1-18-7-9-19(10-8-18)22-25-26-23(28(22)20-5-3-2-4-6-20)32-17-21(29)27-13-11-24(12-14-27)30-15-16-31-24/h2-10H,11-17H2,1H3. The van der Waals surface area contributed by atoms with Crippen LogP contribution in [0.15, 0.2) is 59.8 Å². The smallest absolute Gasteiger partial charge is 0.233 e. The molecule has 0 radical (unpaired) electrons. The Bertz CT molecular complexity index is 1070. The van der Waals surface area contributed by atoms with Gasteiger partial charge in [-0.05, 0) is 19.1 Å². The van der Waals surface area contributed by atoms with Gasteiger partial charge < -0.3 is 14.4 Å². The van der Waals surface area contributed by atoms with Crippen LogP contribution in [-0.4, -0.2) is 63.4 Å². The lowest BCUT2D eigenvalue weighted by molar-refractivity contribution is -0.186. The van der Waals surface area contributed by atoms with Crippen molar-refractivity contribution >= 4 is 17.7 Å². The van der Waals surface area contributed by atoms with E-state index in [1.54, 1.807) is 0 Å². The number of rotatable bonds is 5. The summed E-state index contributed by atoms with van der Waals surface area (Å²) in [6.07, 6.45) is 1.45. The Hall–Kier alpha value is -2.68. The third-order valence-corrected chi connectivity index (χ3v) is 6.89. The van der Waals surface area contributed by atoms with Crippen molar-refractivity contribution in [3.05, 3.63) is 60.2 Å². The minimum Gasteiger partial charge on any atom is -0.347 e. The number of likely N-dealkylation sites (tertiary alicyclic amines) is 1. The van der Waals surface area contributed by atoms with E-state index in [0.29, 0.717) is 37.2 Å². The summed E-state index contributed by atoms with van der Waals surface area (Å²) < 4.78 is 13.6. The molecule has 0 saturated carbocycles. The van der Waals surface area contributed by atoms with Gasteiger partial charge in [0.2, 0.25) is 5.91 Å². The number of hydrogen-bond donors (Lipinski definition) is 0. The SMILES string of the molecule is Cc1ccc(-c2nnc(SCC(=O)N3CCC4(CC3)OCCO4)n2-c2ccccc2)cc1. The van der Waals surface area contributed by atoms with Crippen molar-refractivity contribution in [1.29, 1.82) is 0 Å². The maximum atomic E-state index is 12.9. The highest BCUT2D eigenvalue weighted by molar-refractivity contribution is 7.99. The van der Waals surface area contributed by atoms with Crippen molar-refractivity contribution in [2.45, 2.75) is 30.7 Å². The zero-order chi connectivity index (χ0) is 22.0. The van der Waals surface area contributed by atoms with Gasteiger partial charge in [-0.25, -0.2) is 0 Å². The quantitative estimate of drug-likeness (QED) is 0.552. The first-order chi connectivity index (χ1) is 15.6. The minimum atomic E-state index is -0.472. The number of amides is 1. The minimum absolute atomic E-state index is 0.0994. The van der Waals surface area contributed by atoms with E-state index < -0.39 is 5.79 Å². The topological polar surface area (TPSA) is 69.5 Å². The first kappa shape index (κ1) is 21.2. The molecule has 166 valence electrons. The van der Waals surface area contributed by atoms with E-state index in [0.717, 1.165) is 29.9 Å². The predicted octanol–water partition coefficient (Wildman–Crippen LogP) is 3.70. The number of hydrogen-bond acceptors (Lipinski definition) is 6. The Morgan fingerprint density at radius 2 is 1.69 bits per heavy atom. The van der Waals surface area contributed by atoms with Gasteiger partial charge in [-0.3, -0.25) is 9.36 Å². The maximum Gasteiger partial charge on any atom is 0.233 e. The molecule has 2 saturated heterocycles. The van der Waals surface area contributed by atoms with Gasteiger partial charge in [0.15, 0.2) is 16.8 Å². The summed E-state index contributed by atoms with van der Waals surface area (Å²) in [5.41, 5.74) is 3.15. The molecule has 8 heteroatoms. The van der Waals surface area contributed by atoms with Crippen LogP contribution in [0.4, 0.5) is 0 Å². The number of aromatic nitrogens is 3. The number of thioether (sulfide) groups is 1. The summed E-state index contributed by atoms with van der Waals surface area (Å²) in [7, 11) is 0. The highest BCUT2D eigenvalue weighted by Crippen LogP contribution is 2.32. The molecule has 7 nitrogen and oxygen atoms in total. The second-order valence-corrected chi connectivity index (χ2v) is 9.06. The number of carbonyl (C=O) groups excluding carboxylic acids is 1. The van der Waals surface area contributed by atoms with Crippen LogP contribution in [-0.2, 0) is 14.3 Å². The lowest BCUT2D eigenvalue weighted by Gasteiger charge is -2.37. The summed E-state index contributed by atoms with van der Waals surface area (Å²) in [4.78, 5) is 14.8. The van der Waals surface area contributed by atoms with Crippen molar-refractivity contribution in [1.82, 2.24) is 19.7 Å². The Labute approximate surface area is 191 Å². The van der Waals surface area contributed by atoms with Gasteiger partial charge in [0.25, 0.3) is 0 Å². The fourth-order valence-corrected chi connectivity index (χ4v) is 5.02. The normalized spacial score (nSPS) is 17.7. The highest BCUT2D eigenvalue weighted by Gasteiger charge is 2.40. The molecule has 2 aliphatic heterocycles. The zero-order valence-corrected chi connectivity index (χ0v) is 18.9. The molecule has 0 bridgehead atoms. The number of aryl methyl sites for hydroxylation is 1. The van der Waals surface area contributed by atoms with Gasteiger partial charge in [-0.2, -0.15) is 0 Å². The molecule has 3 heterocycles. The maximum absolute atomic E-state index is 12.9. The van der Waals surface area contributed by atoms with Crippen molar-refractivity contribution in [2.75, 3.05) is 32.1 Å². The number of piperidine rings is 1. The zero-order valence-electron chi connectivity index (χ0n) is 18.1. The lowest BCUT2D eigenvalue weighted by atomic mass is 10.0. The Morgan fingerprint density at radius 3 is 2.38 bits per heavy atom. The highest BCUT2D eigenvalue weighted by atomic mass is 32.2. The second-order valence-electron chi connectivity index (χ2n) is 8.12. The van der Waals surface area contributed by atoms with Crippen molar-refractivity contribution in [3.63, 3.8) is 0 Å². The molecule has 2 aromatic carbocycles. The van der Waals surface area contributed by atoms with E-state index in [-0.39, 0.29) is 5.91 Å². The van der Waals surface area contributed by atoms with Crippen LogP contribution in [0.25, 0.3) is 17.1 Å². The van der Waals surface area contributed by atoms with Gasteiger partial charge in [-0.15, -0.1) is 10.2 Å². The predicted molar refractivity (Wildman–Crippen MR) is 123 cm³/mol. The monoisotopic (exact) mass is 450 g/mol. The number of carbonyl (C=O) groups is 1. The number of benzene rings is 2. The molecule has 0 N–H and O–H groups in total. The van der Waals surface area contributed by atoms with Crippen LogP contribution >= 0.6 is 11.8 Å². The van der Waals surface area contributed by atoms with Crippen LogP contribution in [0, 0.1) is 6.92 Å². The van der Waals surface area contributed by atoms with Gasteiger partial charge in [0.05, 0.1) is 19.0 Å². The molecule has 2 fully saturated rings. The molecule has 1 aromatic heterocycles. The van der Waals surface area contributed by atoms with E-state index in [1.165, 1.54) is 17.3 Å². The molecular formula is C24H26N4O3S. The Kier molecular flexibility index (Phi) is 5.99. The summed E-state index contributed by atoms with van der Waals surface area (Å²) in [5, 5.41) is 9.60. The number of nitrogens with zero attached hydrogens (tertiary/aromatic N) is 4.